The zero-order valence-electron chi connectivity index (χ0n) is 16.7. The van der Waals surface area contributed by atoms with Gasteiger partial charge in [0.1, 0.15) is 18.1 Å². The number of hydrogen-bond donors (Lipinski definition) is 1. The molecule has 162 valence electrons. The van der Waals surface area contributed by atoms with Crippen LogP contribution in [0.3, 0.4) is 0 Å². The van der Waals surface area contributed by atoms with Crippen LogP contribution in [0, 0.1) is 5.82 Å². The summed E-state index contributed by atoms with van der Waals surface area (Å²) in [5, 5.41) is 2.66. The molecule has 4 aromatic rings. The summed E-state index contributed by atoms with van der Waals surface area (Å²) in [6, 6.07) is 14.9. The fourth-order valence-electron chi connectivity index (χ4n) is 3.26. The number of aromatic nitrogens is 1. The van der Waals surface area contributed by atoms with Crippen LogP contribution in [-0.2, 0) is 11.3 Å². The third-order valence-corrected chi connectivity index (χ3v) is 5.12. The lowest BCUT2D eigenvalue weighted by atomic mass is 10.0. The van der Waals surface area contributed by atoms with E-state index in [2.05, 4.69) is 5.32 Å². The molecule has 1 N–H and O–H groups in total. The van der Waals surface area contributed by atoms with Gasteiger partial charge < -0.3 is 14.5 Å². The van der Waals surface area contributed by atoms with Crippen LogP contribution in [0.1, 0.15) is 15.9 Å². The minimum atomic E-state index is -0.852. The highest BCUT2D eigenvalue weighted by molar-refractivity contribution is 6.36. The lowest BCUT2D eigenvalue weighted by Gasteiger charge is -2.08. The standard InChI is InChI=1S/C23H16ClFN2O5/c1-31-14-8-6-13(7-9-14)26-19(28)12-27-18-11-10-16(24)20(22(18)32-23(27)30)21(29)15-4-2-3-5-17(15)25/h2-11H,12H2,1H3,(H,26,28). The Hall–Kier alpha value is -3.91. The number of ketones is 1. The summed E-state index contributed by atoms with van der Waals surface area (Å²) < 4.78 is 25.5. The first-order valence-corrected chi connectivity index (χ1v) is 9.82. The van der Waals surface area contributed by atoms with Crippen molar-refractivity contribution in [2.75, 3.05) is 12.4 Å². The first-order chi connectivity index (χ1) is 15.4. The summed E-state index contributed by atoms with van der Waals surface area (Å²) in [4.78, 5) is 37.9. The Labute approximate surface area is 186 Å². The van der Waals surface area contributed by atoms with Gasteiger partial charge in [0.05, 0.1) is 28.8 Å². The molecule has 0 saturated heterocycles. The Morgan fingerprint density at radius 2 is 1.81 bits per heavy atom. The van der Waals surface area contributed by atoms with Crippen molar-refractivity contribution in [3.8, 4) is 5.75 Å². The summed E-state index contributed by atoms with van der Waals surface area (Å²) >= 11 is 6.20. The monoisotopic (exact) mass is 454 g/mol. The van der Waals surface area contributed by atoms with Crippen LogP contribution in [0.25, 0.3) is 11.1 Å². The van der Waals surface area contributed by atoms with Gasteiger partial charge in [-0.25, -0.2) is 9.18 Å². The molecular weight excluding hydrogens is 439 g/mol. The highest BCUT2D eigenvalue weighted by Gasteiger charge is 2.24. The quantitative estimate of drug-likeness (QED) is 0.439. The zero-order chi connectivity index (χ0) is 22.8. The maximum Gasteiger partial charge on any atom is 0.420 e. The normalized spacial score (nSPS) is 10.8. The average Bonchev–Trinajstić information content (AvgIpc) is 3.09. The molecule has 0 aliphatic rings. The van der Waals surface area contributed by atoms with Crippen LogP contribution >= 0.6 is 11.6 Å². The molecule has 32 heavy (non-hydrogen) atoms. The molecule has 0 saturated carbocycles. The van der Waals surface area contributed by atoms with Crippen molar-refractivity contribution in [2.24, 2.45) is 0 Å². The van der Waals surface area contributed by atoms with Gasteiger partial charge in [-0.05, 0) is 48.5 Å². The predicted molar refractivity (Wildman–Crippen MR) is 117 cm³/mol. The Balaban J connectivity index is 1.68. The average molecular weight is 455 g/mol. The Kier molecular flexibility index (Phi) is 5.79. The number of amides is 1. The van der Waals surface area contributed by atoms with Crippen molar-refractivity contribution in [1.82, 2.24) is 4.57 Å². The first kappa shape index (κ1) is 21.3. The molecule has 0 atom stereocenters. The van der Waals surface area contributed by atoms with Crippen LogP contribution in [-0.4, -0.2) is 23.4 Å². The molecular formula is C23H16ClFN2O5. The summed E-state index contributed by atoms with van der Waals surface area (Å²) in [6.45, 7) is -0.368. The number of methoxy groups -OCH3 is 1. The van der Waals surface area contributed by atoms with Gasteiger partial charge in [-0.2, -0.15) is 0 Å². The number of rotatable bonds is 6. The van der Waals surface area contributed by atoms with Crippen LogP contribution in [0.15, 0.2) is 69.9 Å². The number of carbonyl (C=O) groups is 2. The number of fused-ring (bicyclic) bond motifs is 1. The second kappa shape index (κ2) is 8.68. The number of halogens is 2. The molecule has 7 nitrogen and oxygen atoms in total. The molecule has 0 radical (unpaired) electrons. The van der Waals surface area contributed by atoms with E-state index in [4.69, 9.17) is 20.8 Å². The van der Waals surface area contributed by atoms with Gasteiger partial charge in [0, 0.05) is 5.69 Å². The van der Waals surface area contributed by atoms with Crippen molar-refractivity contribution in [3.63, 3.8) is 0 Å². The lowest BCUT2D eigenvalue weighted by molar-refractivity contribution is -0.116. The molecule has 1 aromatic heterocycles. The maximum atomic E-state index is 14.1. The van der Waals surface area contributed by atoms with E-state index in [-0.39, 0.29) is 33.8 Å². The fourth-order valence-corrected chi connectivity index (χ4v) is 3.50. The number of carbonyl (C=O) groups excluding carboxylic acids is 2. The molecule has 0 aliphatic heterocycles. The van der Waals surface area contributed by atoms with E-state index < -0.39 is 23.3 Å². The summed E-state index contributed by atoms with van der Waals surface area (Å²) in [5.41, 5.74) is 0.210. The predicted octanol–water partition coefficient (Wildman–Crippen LogP) is 4.27. The van der Waals surface area contributed by atoms with Crippen molar-refractivity contribution in [2.45, 2.75) is 6.54 Å². The van der Waals surface area contributed by atoms with E-state index in [1.54, 1.807) is 24.3 Å². The minimum absolute atomic E-state index is 0.00524. The number of benzene rings is 3. The van der Waals surface area contributed by atoms with Crippen molar-refractivity contribution in [1.29, 1.82) is 0 Å². The Bertz CT molecular complexity index is 1390. The number of nitrogens with one attached hydrogen (secondary N) is 1. The van der Waals surface area contributed by atoms with E-state index in [1.807, 2.05) is 0 Å². The number of anilines is 1. The van der Waals surface area contributed by atoms with Gasteiger partial charge in [-0.3, -0.25) is 14.2 Å². The molecule has 0 aliphatic carbocycles. The summed E-state index contributed by atoms with van der Waals surface area (Å²) in [7, 11) is 1.53. The number of hydrogen-bond acceptors (Lipinski definition) is 5. The van der Waals surface area contributed by atoms with E-state index >= 15 is 0 Å². The molecule has 0 unspecified atom stereocenters. The SMILES string of the molecule is COc1ccc(NC(=O)Cn2c(=O)oc3c(C(=O)c4ccccc4F)c(Cl)ccc32)cc1. The second-order valence-electron chi connectivity index (χ2n) is 6.81. The Morgan fingerprint density at radius 3 is 2.50 bits per heavy atom. The second-order valence-corrected chi connectivity index (χ2v) is 7.22. The smallest absolute Gasteiger partial charge is 0.420 e. The number of oxazole rings is 1. The van der Waals surface area contributed by atoms with E-state index in [0.29, 0.717) is 11.4 Å². The topological polar surface area (TPSA) is 90.5 Å². The number of nitrogens with zero attached hydrogens (tertiary/aromatic N) is 1. The van der Waals surface area contributed by atoms with Gasteiger partial charge in [-0.15, -0.1) is 0 Å². The van der Waals surface area contributed by atoms with E-state index in [0.717, 1.165) is 10.6 Å². The minimum Gasteiger partial charge on any atom is -0.497 e. The zero-order valence-corrected chi connectivity index (χ0v) is 17.5. The number of ether oxygens (including phenoxy) is 1. The summed E-state index contributed by atoms with van der Waals surface area (Å²) in [5.74, 6) is -2.18. The summed E-state index contributed by atoms with van der Waals surface area (Å²) in [6.07, 6.45) is 0. The molecule has 4 rings (SSSR count). The molecule has 0 bridgehead atoms. The largest absolute Gasteiger partial charge is 0.497 e. The molecule has 0 fully saturated rings. The van der Waals surface area contributed by atoms with Crippen molar-refractivity contribution in [3.05, 3.63) is 93.2 Å². The molecule has 1 amide bonds. The van der Waals surface area contributed by atoms with Gasteiger partial charge in [0.2, 0.25) is 11.7 Å². The third kappa shape index (κ3) is 4.00. The van der Waals surface area contributed by atoms with E-state index in [9.17, 15) is 18.8 Å². The highest BCUT2D eigenvalue weighted by Crippen LogP contribution is 2.29. The fraction of sp³-hybridized carbons (Fsp3) is 0.0870. The van der Waals surface area contributed by atoms with Gasteiger partial charge in [-0.1, -0.05) is 23.7 Å². The molecule has 3 aromatic carbocycles. The Morgan fingerprint density at radius 1 is 1.09 bits per heavy atom. The molecule has 1 heterocycles. The van der Waals surface area contributed by atoms with Crippen LogP contribution in [0.2, 0.25) is 5.02 Å². The first-order valence-electron chi connectivity index (χ1n) is 9.44. The highest BCUT2D eigenvalue weighted by atomic mass is 35.5. The van der Waals surface area contributed by atoms with Crippen LogP contribution in [0.5, 0.6) is 5.75 Å². The van der Waals surface area contributed by atoms with Crippen molar-refractivity contribution >= 4 is 40.1 Å². The molecule has 9 heteroatoms. The maximum absolute atomic E-state index is 14.1. The van der Waals surface area contributed by atoms with Gasteiger partial charge >= 0.3 is 5.76 Å². The van der Waals surface area contributed by atoms with Crippen molar-refractivity contribution < 1.29 is 23.1 Å². The van der Waals surface area contributed by atoms with Gasteiger partial charge in [0.15, 0.2) is 5.58 Å². The molecule has 0 spiro atoms. The van der Waals surface area contributed by atoms with E-state index in [1.165, 1.54) is 37.4 Å². The van der Waals surface area contributed by atoms with Crippen LogP contribution in [0.4, 0.5) is 10.1 Å². The third-order valence-electron chi connectivity index (χ3n) is 4.81. The van der Waals surface area contributed by atoms with Crippen LogP contribution < -0.4 is 15.8 Å². The van der Waals surface area contributed by atoms with Gasteiger partial charge in [0.25, 0.3) is 0 Å². The lowest BCUT2D eigenvalue weighted by Crippen LogP contribution is -2.24.